The molecule has 3 aliphatic carbocycles. The molecule has 2 saturated carbocycles. The number of amides is 1. The lowest BCUT2D eigenvalue weighted by atomic mass is 9.82. The van der Waals surface area contributed by atoms with Gasteiger partial charge in [0.15, 0.2) is 0 Å². The summed E-state index contributed by atoms with van der Waals surface area (Å²) in [6.07, 6.45) is 6.42. The van der Waals surface area contributed by atoms with Gasteiger partial charge in [0.25, 0.3) is 0 Å². The summed E-state index contributed by atoms with van der Waals surface area (Å²) in [5.74, 6) is 0.233. The predicted molar refractivity (Wildman–Crippen MR) is 79.1 cm³/mol. The first-order chi connectivity index (χ1) is 10.2. The van der Waals surface area contributed by atoms with Crippen molar-refractivity contribution in [1.29, 1.82) is 0 Å². The highest BCUT2D eigenvalue weighted by atomic mass is 16.6. The van der Waals surface area contributed by atoms with Gasteiger partial charge >= 0.3 is 12.1 Å². The van der Waals surface area contributed by atoms with Gasteiger partial charge in [-0.15, -0.1) is 0 Å². The Morgan fingerprint density at radius 3 is 2.41 bits per heavy atom. The van der Waals surface area contributed by atoms with E-state index in [2.05, 4.69) is 12.2 Å². The summed E-state index contributed by atoms with van der Waals surface area (Å²) in [6.45, 7) is 5.94. The molecule has 0 unspecified atom stereocenters. The second-order valence-electron chi connectivity index (χ2n) is 8.33. The minimum atomic E-state index is -0.893. The van der Waals surface area contributed by atoms with Crippen LogP contribution in [0.15, 0.2) is 12.2 Å². The van der Waals surface area contributed by atoms with Gasteiger partial charge in [-0.1, -0.05) is 12.2 Å². The van der Waals surface area contributed by atoms with Gasteiger partial charge in [-0.05, 0) is 56.8 Å². The summed E-state index contributed by atoms with van der Waals surface area (Å²) in [5.41, 5.74) is -0.268. The predicted octanol–water partition coefficient (Wildman–Crippen LogP) is 2.52. The Kier molecular flexibility index (Phi) is 2.60. The summed E-state index contributed by atoms with van der Waals surface area (Å²) in [4.78, 5) is 25.8. The molecule has 1 amide bonds. The summed E-state index contributed by atoms with van der Waals surface area (Å²) in [5, 5.41) is 9.72. The lowest BCUT2D eigenvalue weighted by molar-refractivity contribution is -0.143. The highest BCUT2D eigenvalue weighted by Crippen LogP contribution is 2.74. The summed E-state index contributed by atoms with van der Waals surface area (Å²) < 4.78 is 5.43. The lowest BCUT2D eigenvalue weighted by Crippen LogP contribution is -2.47. The number of rotatable bonds is 1. The molecule has 5 heteroatoms. The van der Waals surface area contributed by atoms with Crippen LogP contribution in [0.3, 0.4) is 0 Å². The third-order valence-corrected chi connectivity index (χ3v) is 6.04. The topological polar surface area (TPSA) is 66.8 Å². The summed E-state index contributed by atoms with van der Waals surface area (Å²) in [7, 11) is 0. The van der Waals surface area contributed by atoms with Crippen LogP contribution in [0.1, 0.15) is 33.6 Å². The van der Waals surface area contributed by atoms with Crippen molar-refractivity contribution in [1.82, 2.24) is 4.90 Å². The van der Waals surface area contributed by atoms with Gasteiger partial charge in [-0.25, -0.2) is 9.59 Å². The molecule has 0 aromatic rings. The number of carboxylic acids is 1. The number of ether oxygens (including phenoxy) is 1. The van der Waals surface area contributed by atoms with Crippen molar-refractivity contribution in [3.8, 4) is 0 Å². The van der Waals surface area contributed by atoms with Gasteiger partial charge in [0.2, 0.25) is 0 Å². The van der Waals surface area contributed by atoms with Crippen LogP contribution in [0.25, 0.3) is 0 Å². The van der Waals surface area contributed by atoms with Crippen LogP contribution in [0.2, 0.25) is 0 Å². The quantitative estimate of drug-likeness (QED) is 0.756. The van der Waals surface area contributed by atoms with Crippen LogP contribution < -0.4 is 0 Å². The first-order valence-electron chi connectivity index (χ1n) is 8.15. The molecule has 0 aromatic heterocycles. The Labute approximate surface area is 130 Å². The molecule has 3 fully saturated rings. The molecular formula is C17H23NO4. The van der Waals surface area contributed by atoms with Gasteiger partial charge in [0, 0.05) is 12.5 Å². The second-order valence-corrected chi connectivity index (χ2v) is 8.33. The Bertz CT molecular complexity index is 572. The molecule has 0 aromatic carbocycles. The van der Waals surface area contributed by atoms with Crippen LogP contribution >= 0.6 is 0 Å². The van der Waals surface area contributed by atoms with Crippen molar-refractivity contribution in [2.45, 2.75) is 45.3 Å². The maximum absolute atomic E-state index is 12.4. The number of carbonyl (C=O) groups excluding carboxylic acids is 1. The van der Waals surface area contributed by atoms with Crippen LogP contribution in [-0.2, 0) is 9.53 Å². The standard InChI is InChI=1S/C17H23NO4/c1-16(2,3)22-15(21)18-8-9-10-4-5-11(17(10)6-7-17)12(9)13(18)14(19)20/h4-5,9-13H,6-8H2,1-3H3,(H,19,20)/t9-,10+,11-,12-,13+/m1/s1. The highest BCUT2D eigenvalue weighted by molar-refractivity contribution is 5.82. The normalized spacial score (nSPS) is 40.1. The van der Waals surface area contributed by atoms with E-state index in [1.165, 1.54) is 17.7 Å². The molecule has 4 aliphatic rings. The number of hydrogen-bond donors (Lipinski definition) is 1. The van der Waals surface area contributed by atoms with E-state index in [0.29, 0.717) is 23.8 Å². The maximum atomic E-state index is 12.4. The number of carbonyl (C=O) groups is 2. The van der Waals surface area contributed by atoms with Crippen LogP contribution in [-0.4, -0.2) is 40.3 Å². The van der Waals surface area contributed by atoms with Gasteiger partial charge in [-0.2, -0.15) is 0 Å². The summed E-state index contributed by atoms with van der Waals surface area (Å²) in [6, 6.07) is -0.739. The molecule has 4 rings (SSSR count). The van der Waals surface area contributed by atoms with Gasteiger partial charge < -0.3 is 9.84 Å². The number of carboxylic acid groups (broad SMARTS) is 1. The third kappa shape index (κ3) is 1.71. The van der Waals surface area contributed by atoms with Gasteiger partial charge in [-0.3, -0.25) is 4.90 Å². The number of nitrogens with zero attached hydrogens (tertiary/aromatic N) is 1. The molecule has 1 saturated heterocycles. The van der Waals surface area contributed by atoms with Crippen molar-refractivity contribution < 1.29 is 19.4 Å². The van der Waals surface area contributed by atoms with E-state index in [-0.39, 0.29) is 11.8 Å². The average Bonchev–Trinajstić information content (AvgIpc) is 2.85. The monoisotopic (exact) mass is 305 g/mol. The minimum Gasteiger partial charge on any atom is -0.480 e. The van der Waals surface area contributed by atoms with Crippen molar-refractivity contribution >= 4 is 12.1 Å². The minimum absolute atomic E-state index is 0.0579. The fourth-order valence-electron chi connectivity index (χ4n) is 5.26. The molecule has 0 radical (unpaired) electrons. The molecule has 1 spiro atoms. The smallest absolute Gasteiger partial charge is 0.411 e. The van der Waals surface area contributed by atoms with Crippen molar-refractivity contribution in [3.63, 3.8) is 0 Å². The van der Waals surface area contributed by atoms with E-state index in [9.17, 15) is 14.7 Å². The van der Waals surface area contributed by atoms with Crippen molar-refractivity contribution in [2.75, 3.05) is 6.54 Å². The molecular weight excluding hydrogens is 282 g/mol. The van der Waals surface area contributed by atoms with Crippen LogP contribution in [0.5, 0.6) is 0 Å². The second kappa shape index (κ2) is 4.06. The molecule has 5 nitrogen and oxygen atoms in total. The number of likely N-dealkylation sites (tertiary alicyclic amines) is 1. The third-order valence-electron chi connectivity index (χ3n) is 6.04. The van der Waals surface area contributed by atoms with Gasteiger partial charge in [0.05, 0.1) is 0 Å². The van der Waals surface area contributed by atoms with E-state index in [0.717, 1.165) is 0 Å². The molecule has 2 bridgehead atoms. The molecule has 120 valence electrons. The van der Waals surface area contributed by atoms with Crippen molar-refractivity contribution in [3.05, 3.63) is 12.2 Å². The van der Waals surface area contributed by atoms with Crippen molar-refractivity contribution in [2.24, 2.45) is 29.1 Å². The van der Waals surface area contributed by atoms with E-state index in [1.807, 2.05) is 20.8 Å². The molecule has 1 aliphatic heterocycles. The Morgan fingerprint density at radius 2 is 1.86 bits per heavy atom. The highest BCUT2D eigenvalue weighted by Gasteiger charge is 2.71. The molecule has 1 heterocycles. The Balaban J connectivity index is 1.62. The van der Waals surface area contributed by atoms with Crippen LogP contribution in [0, 0.1) is 29.1 Å². The van der Waals surface area contributed by atoms with E-state index in [1.54, 1.807) is 0 Å². The zero-order valence-electron chi connectivity index (χ0n) is 13.3. The summed E-state index contributed by atoms with van der Waals surface area (Å²) >= 11 is 0. The fraction of sp³-hybridized carbons (Fsp3) is 0.765. The Hall–Kier alpha value is -1.52. The zero-order chi connectivity index (χ0) is 15.9. The number of allylic oxidation sites excluding steroid dienone is 2. The van der Waals surface area contributed by atoms with Crippen LogP contribution in [0.4, 0.5) is 4.79 Å². The van der Waals surface area contributed by atoms with Gasteiger partial charge in [0.1, 0.15) is 11.6 Å². The fourth-order valence-corrected chi connectivity index (χ4v) is 5.26. The largest absolute Gasteiger partial charge is 0.480 e. The average molecular weight is 305 g/mol. The first kappa shape index (κ1) is 14.1. The van der Waals surface area contributed by atoms with E-state index >= 15 is 0 Å². The molecule has 5 atom stereocenters. The van der Waals surface area contributed by atoms with E-state index in [4.69, 9.17) is 4.74 Å². The van der Waals surface area contributed by atoms with E-state index < -0.39 is 23.7 Å². The lowest BCUT2D eigenvalue weighted by Gasteiger charge is -2.30. The zero-order valence-corrected chi connectivity index (χ0v) is 13.3. The molecule has 1 N–H and O–H groups in total. The number of aliphatic carboxylic acids is 1. The molecule has 22 heavy (non-hydrogen) atoms. The maximum Gasteiger partial charge on any atom is 0.411 e. The Morgan fingerprint density at radius 1 is 1.23 bits per heavy atom. The first-order valence-corrected chi connectivity index (χ1v) is 8.15. The number of fused-ring (bicyclic) bond motifs is 3. The number of hydrogen-bond acceptors (Lipinski definition) is 3. The SMILES string of the molecule is CC(C)(C)OC(=O)N1C[C@H]2[C@@H]([C@H]1C(=O)O)[C@H]1C=C[C@@H]2C12CC2.